The quantitative estimate of drug-likeness (QED) is 0.780. The van der Waals surface area contributed by atoms with Crippen LogP contribution in [0.4, 0.5) is 5.69 Å². The topological polar surface area (TPSA) is 75.3 Å². The summed E-state index contributed by atoms with van der Waals surface area (Å²) < 4.78 is 0. The Hall–Kier alpha value is -2.95. The van der Waals surface area contributed by atoms with Gasteiger partial charge in [-0.2, -0.15) is 0 Å². The lowest BCUT2D eigenvalue weighted by molar-refractivity contribution is -0.118. The SMILES string of the molecule is CC(=O)c1cccc(NC(=O)[C@@H](NC(=O)c2ccc(C)cc2)C(C)C)c1. The van der Waals surface area contributed by atoms with Gasteiger partial charge in [-0.25, -0.2) is 0 Å². The van der Waals surface area contributed by atoms with Crippen molar-refractivity contribution >= 4 is 23.3 Å². The van der Waals surface area contributed by atoms with Crippen LogP contribution in [0.25, 0.3) is 0 Å². The van der Waals surface area contributed by atoms with Crippen LogP contribution in [0.1, 0.15) is 47.1 Å². The number of ketones is 1. The molecule has 0 heterocycles. The number of benzene rings is 2. The molecule has 0 fully saturated rings. The molecule has 26 heavy (non-hydrogen) atoms. The highest BCUT2D eigenvalue weighted by Crippen LogP contribution is 2.14. The molecule has 5 heteroatoms. The molecule has 0 bridgehead atoms. The van der Waals surface area contributed by atoms with E-state index < -0.39 is 6.04 Å². The van der Waals surface area contributed by atoms with Crippen molar-refractivity contribution in [2.45, 2.75) is 33.7 Å². The first-order valence-corrected chi connectivity index (χ1v) is 8.57. The van der Waals surface area contributed by atoms with Gasteiger partial charge in [0.2, 0.25) is 5.91 Å². The third-order valence-electron chi connectivity index (χ3n) is 4.09. The Morgan fingerprint density at radius 3 is 2.15 bits per heavy atom. The van der Waals surface area contributed by atoms with Gasteiger partial charge >= 0.3 is 0 Å². The van der Waals surface area contributed by atoms with E-state index in [1.54, 1.807) is 36.4 Å². The minimum atomic E-state index is -0.690. The molecular formula is C21H24N2O3. The van der Waals surface area contributed by atoms with Crippen molar-refractivity contribution in [3.05, 3.63) is 65.2 Å². The Balaban J connectivity index is 2.12. The van der Waals surface area contributed by atoms with Gasteiger partial charge < -0.3 is 10.6 Å². The van der Waals surface area contributed by atoms with Crippen molar-refractivity contribution in [2.24, 2.45) is 5.92 Å². The molecule has 2 aromatic carbocycles. The van der Waals surface area contributed by atoms with Crippen LogP contribution >= 0.6 is 0 Å². The van der Waals surface area contributed by atoms with E-state index in [1.807, 2.05) is 32.9 Å². The van der Waals surface area contributed by atoms with Crippen molar-refractivity contribution in [3.8, 4) is 0 Å². The summed E-state index contributed by atoms with van der Waals surface area (Å²) in [5, 5.41) is 5.57. The van der Waals surface area contributed by atoms with Crippen LogP contribution in [-0.2, 0) is 4.79 Å². The van der Waals surface area contributed by atoms with Crippen LogP contribution in [0.2, 0.25) is 0 Å². The predicted molar refractivity (Wildman–Crippen MR) is 102 cm³/mol. The number of amides is 2. The fourth-order valence-electron chi connectivity index (χ4n) is 2.50. The molecule has 136 valence electrons. The molecule has 1 atom stereocenters. The second-order valence-electron chi connectivity index (χ2n) is 6.69. The highest BCUT2D eigenvalue weighted by Gasteiger charge is 2.25. The van der Waals surface area contributed by atoms with E-state index in [4.69, 9.17) is 0 Å². The lowest BCUT2D eigenvalue weighted by atomic mass is 10.0. The van der Waals surface area contributed by atoms with Crippen LogP contribution in [-0.4, -0.2) is 23.6 Å². The van der Waals surface area contributed by atoms with Crippen molar-refractivity contribution in [1.82, 2.24) is 5.32 Å². The van der Waals surface area contributed by atoms with Gasteiger partial charge in [0, 0.05) is 16.8 Å². The summed E-state index contributed by atoms with van der Waals surface area (Å²) in [6.45, 7) is 7.15. The number of carbonyl (C=O) groups is 3. The maximum Gasteiger partial charge on any atom is 0.251 e. The molecule has 5 nitrogen and oxygen atoms in total. The standard InChI is InChI=1S/C21H24N2O3/c1-13(2)19(23-20(25)16-10-8-14(3)9-11-16)21(26)22-18-7-5-6-17(12-18)15(4)24/h5-13,19H,1-4H3,(H,22,26)(H,23,25)/t19-/m0/s1. The summed E-state index contributed by atoms with van der Waals surface area (Å²) in [7, 11) is 0. The zero-order chi connectivity index (χ0) is 19.3. The van der Waals surface area contributed by atoms with Crippen LogP contribution < -0.4 is 10.6 Å². The van der Waals surface area contributed by atoms with Gasteiger partial charge in [-0.05, 0) is 44.0 Å². The highest BCUT2D eigenvalue weighted by atomic mass is 16.2. The number of carbonyl (C=O) groups excluding carboxylic acids is 3. The summed E-state index contributed by atoms with van der Waals surface area (Å²) in [5.41, 5.74) is 2.61. The smallest absolute Gasteiger partial charge is 0.251 e. The van der Waals surface area contributed by atoms with Crippen molar-refractivity contribution in [1.29, 1.82) is 0 Å². The van der Waals surface area contributed by atoms with Crippen molar-refractivity contribution in [2.75, 3.05) is 5.32 Å². The highest BCUT2D eigenvalue weighted by molar-refractivity contribution is 6.02. The van der Waals surface area contributed by atoms with Gasteiger partial charge in [0.15, 0.2) is 5.78 Å². The van der Waals surface area contributed by atoms with Gasteiger partial charge in [0.05, 0.1) is 0 Å². The molecule has 0 saturated heterocycles. The molecule has 2 aromatic rings. The average Bonchev–Trinajstić information content (AvgIpc) is 2.59. The number of anilines is 1. The zero-order valence-electron chi connectivity index (χ0n) is 15.5. The summed E-state index contributed by atoms with van der Waals surface area (Å²) in [5.74, 6) is -0.785. The van der Waals surface area contributed by atoms with E-state index >= 15 is 0 Å². The van der Waals surface area contributed by atoms with Crippen molar-refractivity contribution in [3.63, 3.8) is 0 Å². The Morgan fingerprint density at radius 2 is 1.58 bits per heavy atom. The monoisotopic (exact) mass is 352 g/mol. The molecule has 0 saturated carbocycles. The van der Waals surface area contributed by atoms with Crippen LogP contribution in [0, 0.1) is 12.8 Å². The molecule has 0 aliphatic rings. The summed E-state index contributed by atoms with van der Waals surface area (Å²) in [6, 6.07) is 13.2. The lowest BCUT2D eigenvalue weighted by Gasteiger charge is -2.22. The summed E-state index contributed by atoms with van der Waals surface area (Å²) in [4.78, 5) is 36.6. The Kier molecular flexibility index (Phi) is 6.28. The van der Waals surface area contributed by atoms with E-state index in [9.17, 15) is 14.4 Å². The molecule has 0 aliphatic carbocycles. The number of rotatable bonds is 6. The van der Waals surface area contributed by atoms with Gasteiger partial charge in [-0.3, -0.25) is 14.4 Å². The molecular weight excluding hydrogens is 328 g/mol. The maximum absolute atomic E-state index is 12.6. The normalized spacial score (nSPS) is 11.7. The second-order valence-corrected chi connectivity index (χ2v) is 6.69. The Bertz CT molecular complexity index is 810. The molecule has 0 radical (unpaired) electrons. The number of nitrogens with one attached hydrogen (secondary N) is 2. The van der Waals surface area contributed by atoms with E-state index in [0.29, 0.717) is 16.8 Å². The van der Waals surface area contributed by atoms with E-state index in [2.05, 4.69) is 10.6 Å². The van der Waals surface area contributed by atoms with E-state index in [-0.39, 0.29) is 23.5 Å². The fourth-order valence-corrected chi connectivity index (χ4v) is 2.50. The first-order valence-electron chi connectivity index (χ1n) is 8.57. The third kappa shape index (κ3) is 5.02. The first-order chi connectivity index (χ1) is 12.3. The molecule has 2 N–H and O–H groups in total. The lowest BCUT2D eigenvalue weighted by Crippen LogP contribution is -2.47. The number of hydrogen-bond donors (Lipinski definition) is 2. The zero-order valence-corrected chi connectivity index (χ0v) is 15.5. The third-order valence-corrected chi connectivity index (χ3v) is 4.09. The van der Waals surface area contributed by atoms with Gasteiger partial charge in [-0.1, -0.05) is 43.7 Å². The molecule has 2 amide bonds. The van der Waals surface area contributed by atoms with Crippen LogP contribution in [0.3, 0.4) is 0 Å². The molecule has 0 spiro atoms. The molecule has 0 aromatic heterocycles. The van der Waals surface area contributed by atoms with Gasteiger partial charge in [0.25, 0.3) is 5.91 Å². The first kappa shape index (κ1) is 19.4. The summed E-state index contributed by atoms with van der Waals surface area (Å²) >= 11 is 0. The van der Waals surface area contributed by atoms with Crippen molar-refractivity contribution < 1.29 is 14.4 Å². The minimum absolute atomic E-state index is 0.0748. The van der Waals surface area contributed by atoms with E-state index in [0.717, 1.165) is 5.56 Å². The number of Topliss-reactive ketones (excluding diaryl/α,β-unsaturated/α-hetero) is 1. The largest absolute Gasteiger partial charge is 0.340 e. The Morgan fingerprint density at radius 1 is 0.923 bits per heavy atom. The summed E-state index contributed by atoms with van der Waals surface area (Å²) in [6.07, 6.45) is 0. The molecule has 2 rings (SSSR count). The van der Waals surface area contributed by atoms with Crippen LogP contribution in [0.15, 0.2) is 48.5 Å². The van der Waals surface area contributed by atoms with Gasteiger partial charge in [-0.15, -0.1) is 0 Å². The Labute approximate surface area is 153 Å². The fraction of sp³-hybridized carbons (Fsp3) is 0.286. The molecule has 0 aliphatic heterocycles. The molecule has 0 unspecified atom stereocenters. The maximum atomic E-state index is 12.6. The van der Waals surface area contributed by atoms with E-state index in [1.165, 1.54) is 6.92 Å². The average molecular weight is 352 g/mol. The van der Waals surface area contributed by atoms with Crippen LogP contribution in [0.5, 0.6) is 0 Å². The number of aryl methyl sites for hydroxylation is 1. The minimum Gasteiger partial charge on any atom is -0.340 e. The number of hydrogen-bond acceptors (Lipinski definition) is 3. The van der Waals surface area contributed by atoms with Gasteiger partial charge in [0.1, 0.15) is 6.04 Å². The second kappa shape index (κ2) is 8.43. The predicted octanol–water partition coefficient (Wildman–Crippen LogP) is 3.59.